The second kappa shape index (κ2) is 5.54. The molecule has 0 heterocycles. The molecule has 0 fully saturated rings. The second-order valence-corrected chi connectivity index (χ2v) is 3.92. The summed E-state index contributed by atoms with van der Waals surface area (Å²) in [4.78, 5) is 0. The molecule has 0 rings (SSSR count). The third-order valence-corrected chi connectivity index (χ3v) is 2.58. The average Bonchev–Trinajstić information content (AvgIpc) is 1.83. The number of hydrogen-bond donors (Lipinski definition) is 1. The molecule has 0 aromatic carbocycles. The summed E-state index contributed by atoms with van der Waals surface area (Å²) in [5.41, 5.74) is 0. The molecule has 2 nitrogen and oxygen atoms in total. The summed E-state index contributed by atoms with van der Waals surface area (Å²) in [6.45, 7) is 1.91. The van der Waals surface area contributed by atoms with Crippen molar-refractivity contribution in [3.63, 3.8) is 0 Å². The molecule has 0 spiro atoms. The van der Waals surface area contributed by atoms with Crippen molar-refractivity contribution in [2.75, 3.05) is 0 Å². The predicted octanol–water partition coefficient (Wildman–Crippen LogP) is 1.09. The fraction of sp³-hybridized carbons (Fsp3) is 1.00. The molecule has 0 radical (unpaired) electrons. The minimum absolute atomic E-state index is 0.167. The summed E-state index contributed by atoms with van der Waals surface area (Å²) >= 11 is 0. The summed E-state index contributed by atoms with van der Waals surface area (Å²) in [7, 11) is 0.536. The van der Waals surface area contributed by atoms with Gasteiger partial charge in [-0.3, -0.25) is 0 Å². The number of aliphatic hydroxyl groups excluding tert-OH is 1. The zero-order valence-electron chi connectivity index (χ0n) is 4.79. The van der Waals surface area contributed by atoms with E-state index in [0.717, 1.165) is 6.42 Å². The van der Waals surface area contributed by atoms with E-state index in [1.165, 1.54) is 0 Å². The molecular weight excluding hydrogens is 139 g/mol. The van der Waals surface area contributed by atoms with Gasteiger partial charge in [0.25, 0.3) is 0 Å². The molecule has 46 valence electrons. The molecule has 0 saturated heterocycles. The number of aliphatic hydroxyl groups is 1. The van der Waals surface area contributed by atoms with Crippen molar-refractivity contribution in [2.24, 2.45) is 0 Å². The van der Waals surface area contributed by atoms with Gasteiger partial charge in [-0.15, -0.1) is 0 Å². The van der Waals surface area contributed by atoms with E-state index in [1.54, 1.807) is 0 Å². The first kappa shape index (κ1) is 8.41. The van der Waals surface area contributed by atoms with E-state index in [9.17, 15) is 4.57 Å². The maximum absolute atomic E-state index is 9.82. The van der Waals surface area contributed by atoms with Gasteiger partial charge in [0, 0.05) is 0 Å². The summed E-state index contributed by atoms with van der Waals surface area (Å²) in [6, 6.07) is 0.682. The second-order valence-electron chi connectivity index (χ2n) is 1.52. The van der Waals surface area contributed by atoms with Gasteiger partial charge in [0.1, 0.15) is 0 Å². The fourth-order valence-electron chi connectivity index (χ4n) is 0.287. The van der Waals surface area contributed by atoms with Crippen molar-refractivity contribution in [3.8, 4) is 0 Å². The van der Waals surface area contributed by atoms with Gasteiger partial charge in [-0.25, -0.2) is 0 Å². The van der Waals surface area contributed by atoms with Gasteiger partial charge in [0.15, 0.2) is 0 Å². The summed E-state index contributed by atoms with van der Waals surface area (Å²) in [6.07, 6.45) is 0.525. The monoisotopic (exact) mass is 148 g/mol. The van der Waals surface area contributed by atoms with Crippen LogP contribution in [0.3, 0.4) is 0 Å². The Hall–Kier alpha value is 0.407. The Bertz CT molecular complexity index is 139. The first-order valence-corrected chi connectivity index (χ1v) is 5.40. The van der Waals surface area contributed by atoms with Crippen LogP contribution < -0.4 is 0 Å². The first-order valence-electron chi connectivity index (χ1n) is 2.54. The van der Waals surface area contributed by atoms with Gasteiger partial charge < -0.3 is 0 Å². The summed E-state index contributed by atoms with van der Waals surface area (Å²) in [5.74, 6) is 0. The van der Waals surface area contributed by atoms with Crippen LogP contribution in [0.5, 0.6) is 0 Å². The van der Waals surface area contributed by atoms with E-state index in [4.69, 9.17) is 5.11 Å². The van der Waals surface area contributed by atoms with Crippen LogP contribution in [0.15, 0.2) is 0 Å². The molecule has 0 aromatic rings. The van der Waals surface area contributed by atoms with Crippen LogP contribution in [-0.2, 0) is 4.57 Å². The molecular formula is C4H9O2PSi. The molecule has 0 bridgehead atoms. The van der Waals surface area contributed by atoms with Crippen molar-refractivity contribution in [1.82, 2.24) is 0 Å². The third kappa shape index (κ3) is 4.56. The Balaban J connectivity index is 3.33. The average molecular weight is 148 g/mol. The Morgan fingerprint density at radius 3 is 2.88 bits per heavy atom. The van der Waals surface area contributed by atoms with E-state index < -0.39 is 0 Å². The number of hydrogen-bond acceptors (Lipinski definition) is 2. The van der Waals surface area contributed by atoms with Crippen molar-refractivity contribution in [2.45, 2.75) is 25.5 Å². The van der Waals surface area contributed by atoms with Crippen LogP contribution in [0.25, 0.3) is 0 Å². The molecule has 1 unspecified atom stereocenters. The van der Waals surface area contributed by atoms with E-state index in [2.05, 4.69) is 0 Å². The van der Waals surface area contributed by atoms with Crippen LogP contribution >= 0.6 is 7.41 Å². The van der Waals surface area contributed by atoms with E-state index in [-0.39, 0.29) is 13.5 Å². The van der Waals surface area contributed by atoms with Crippen LogP contribution in [0.4, 0.5) is 0 Å². The molecule has 4 heteroatoms. The topological polar surface area (TPSA) is 37.3 Å². The molecule has 0 aromatic heterocycles. The minimum atomic E-state index is -0.241. The van der Waals surface area contributed by atoms with Gasteiger partial charge in [-0.05, 0) is 0 Å². The number of rotatable bonds is 2. The normalized spacial score (nSPS) is 12.2. The quantitative estimate of drug-likeness (QED) is 0.470. The van der Waals surface area contributed by atoms with E-state index >= 15 is 0 Å². The zero-order valence-corrected chi connectivity index (χ0v) is 6.69. The van der Waals surface area contributed by atoms with Crippen LogP contribution in [0, 0.1) is 0 Å². The van der Waals surface area contributed by atoms with Crippen molar-refractivity contribution >= 4 is 16.0 Å². The Labute approximate surface area is 52.0 Å². The molecule has 0 saturated carbocycles. The van der Waals surface area contributed by atoms with Crippen molar-refractivity contribution < 1.29 is 9.67 Å². The Kier molecular flexibility index (Phi) is 5.82. The molecule has 8 heavy (non-hydrogen) atoms. The summed E-state index contributed by atoms with van der Waals surface area (Å²) in [5, 5.41) is 8.85. The van der Waals surface area contributed by atoms with E-state index in [0.29, 0.717) is 14.6 Å². The van der Waals surface area contributed by atoms with E-state index in [1.807, 2.05) is 6.92 Å². The van der Waals surface area contributed by atoms with Crippen LogP contribution in [0.2, 0.25) is 6.04 Å². The van der Waals surface area contributed by atoms with Gasteiger partial charge in [-0.1, -0.05) is 0 Å². The first-order chi connectivity index (χ1) is 3.81. The van der Waals surface area contributed by atoms with Crippen molar-refractivity contribution in [1.29, 1.82) is 0 Å². The fourth-order valence-corrected chi connectivity index (χ4v) is 1.72. The maximum atomic E-state index is 9.82. The van der Waals surface area contributed by atoms with Gasteiger partial charge in [0.05, 0.1) is 0 Å². The third-order valence-electron chi connectivity index (χ3n) is 0.863. The Morgan fingerprint density at radius 1 is 1.88 bits per heavy atom. The van der Waals surface area contributed by atoms with Gasteiger partial charge in [0.2, 0.25) is 0 Å². The SMILES string of the molecule is CCC(O)C[Si]#P=O. The predicted molar refractivity (Wildman–Crippen MR) is 34.5 cm³/mol. The Morgan fingerprint density at radius 2 is 2.50 bits per heavy atom. The molecule has 1 N–H and O–H groups in total. The standard InChI is InChI=1S/C4H9O2PSi/c1-2-4(5)3-8-7-6/h4-5H,2-3H2,1H3. The molecule has 0 amide bonds. The summed E-state index contributed by atoms with van der Waals surface area (Å²) < 4.78 is 9.82. The van der Waals surface area contributed by atoms with Crippen LogP contribution in [-0.4, -0.2) is 19.8 Å². The van der Waals surface area contributed by atoms with Gasteiger partial charge in [-0.2, -0.15) is 0 Å². The molecule has 0 aliphatic heterocycles. The van der Waals surface area contributed by atoms with Crippen molar-refractivity contribution in [3.05, 3.63) is 0 Å². The molecule has 0 aliphatic carbocycles. The van der Waals surface area contributed by atoms with Gasteiger partial charge >= 0.3 is 51.2 Å². The molecule has 0 aliphatic rings. The van der Waals surface area contributed by atoms with Crippen LogP contribution in [0.1, 0.15) is 13.3 Å². The molecule has 1 atom stereocenters. The zero-order chi connectivity index (χ0) is 6.41.